The van der Waals surface area contributed by atoms with Gasteiger partial charge < -0.3 is 9.64 Å². The fraction of sp³-hybridized carbons (Fsp3) is 0.500. The molecule has 0 bridgehead atoms. The number of carbonyl (C=O) groups is 1. The average molecular weight is 270 g/mol. The van der Waals surface area contributed by atoms with Crippen molar-refractivity contribution in [2.24, 2.45) is 11.3 Å². The summed E-state index contributed by atoms with van der Waals surface area (Å²) in [6, 6.07) is 9.83. The molecule has 0 unspecified atom stereocenters. The van der Waals surface area contributed by atoms with E-state index in [0.717, 1.165) is 17.9 Å². The molecule has 1 aromatic carbocycles. The summed E-state index contributed by atoms with van der Waals surface area (Å²) in [5.74, 6) is 1.13. The zero-order chi connectivity index (χ0) is 14.2. The molecule has 0 saturated heterocycles. The number of benzene rings is 1. The van der Waals surface area contributed by atoms with Crippen LogP contribution in [0.5, 0.6) is 5.75 Å². The minimum Gasteiger partial charge on any atom is -0.491 e. The molecule has 1 amide bonds. The van der Waals surface area contributed by atoms with Crippen molar-refractivity contribution in [1.82, 2.24) is 0 Å². The standard InChI is InChI=1S/C16H18N2O2/c1-12-9-16(10-12,11-17)15(19)18-7-4-8-20-14-6-3-2-5-13(14)18/h2-3,5-6,12H,4,7-10H2,1H3. The fourth-order valence-corrected chi connectivity index (χ4v) is 3.24. The highest BCUT2D eigenvalue weighted by Gasteiger charge is 2.51. The van der Waals surface area contributed by atoms with Crippen LogP contribution in [0.15, 0.2) is 24.3 Å². The van der Waals surface area contributed by atoms with Crippen molar-refractivity contribution in [2.45, 2.75) is 26.2 Å². The molecule has 104 valence electrons. The SMILES string of the molecule is CC1CC(C#N)(C(=O)N2CCCOc3ccccc32)C1. The molecule has 0 atom stereocenters. The maximum atomic E-state index is 12.8. The van der Waals surface area contributed by atoms with E-state index >= 15 is 0 Å². The first-order valence-corrected chi connectivity index (χ1v) is 7.11. The van der Waals surface area contributed by atoms with Gasteiger partial charge >= 0.3 is 0 Å². The molecule has 20 heavy (non-hydrogen) atoms. The Morgan fingerprint density at radius 3 is 2.90 bits per heavy atom. The first kappa shape index (κ1) is 13.0. The molecule has 0 aromatic heterocycles. The summed E-state index contributed by atoms with van der Waals surface area (Å²) < 4.78 is 5.67. The van der Waals surface area contributed by atoms with Crippen LogP contribution in [0.2, 0.25) is 0 Å². The van der Waals surface area contributed by atoms with Gasteiger partial charge in [-0.3, -0.25) is 4.79 Å². The number of nitriles is 1. The molecule has 1 fully saturated rings. The highest BCUT2D eigenvalue weighted by molar-refractivity contribution is 6.01. The van der Waals surface area contributed by atoms with Gasteiger partial charge in [-0.2, -0.15) is 5.26 Å². The van der Waals surface area contributed by atoms with Gasteiger partial charge in [0.2, 0.25) is 5.91 Å². The maximum Gasteiger partial charge on any atom is 0.247 e. The second-order valence-corrected chi connectivity index (χ2v) is 5.83. The molecule has 3 rings (SSSR count). The van der Waals surface area contributed by atoms with E-state index < -0.39 is 5.41 Å². The lowest BCUT2D eigenvalue weighted by molar-refractivity contribution is -0.131. The van der Waals surface area contributed by atoms with E-state index in [1.54, 1.807) is 4.90 Å². The second kappa shape index (κ2) is 4.82. The van der Waals surface area contributed by atoms with Gasteiger partial charge in [0, 0.05) is 6.54 Å². The van der Waals surface area contributed by atoms with Gasteiger partial charge in [0.25, 0.3) is 0 Å². The van der Waals surface area contributed by atoms with Crippen LogP contribution in [0.4, 0.5) is 5.69 Å². The molecule has 1 aliphatic carbocycles. The molecular weight excluding hydrogens is 252 g/mol. The number of hydrogen-bond acceptors (Lipinski definition) is 3. The molecule has 4 heteroatoms. The van der Waals surface area contributed by atoms with Gasteiger partial charge in [-0.05, 0) is 37.3 Å². The number of hydrogen-bond donors (Lipinski definition) is 0. The number of nitrogens with zero attached hydrogens (tertiary/aromatic N) is 2. The van der Waals surface area contributed by atoms with Gasteiger partial charge in [0.15, 0.2) is 0 Å². The van der Waals surface area contributed by atoms with Crippen molar-refractivity contribution in [3.05, 3.63) is 24.3 Å². The number of rotatable bonds is 1. The number of anilines is 1. The zero-order valence-electron chi connectivity index (χ0n) is 11.6. The van der Waals surface area contributed by atoms with Crippen molar-refractivity contribution in [3.8, 4) is 11.8 Å². The quantitative estimate of drug-likeness (QED) is 0.788. The lowest BCUT2D eigenvalue weighted by Crippen LogP contribution is -2.50. The minimum atomic E-state index is -0.823. The van der Waals surface area contributed by atoms with E-state index in [4.69, 9.17) is 4.74 Å². The van der Waals surface area contributed by atoms with Gasteiger partial charge in [0.05, 0.1) is 18.4 Å². The molecule has 0 N–H and O–H groups in total. The van der Waals surface area contributed by atoms with Crippen LogP contribution < -0.4 is 9.64 Å². The number of fused-ring (bicyclic) bond motifs is 1. The summed E-state index contributed by atoms with van der Waals surface area (Å²) >= 11 is 0. The Morgan fingerprint density at radius 1 is 1.45 bits per heavy atom. The van der Waals surface area contributed by atoms with E-state index in [-0.39, 0.29) is 5.91 Å². The van der Waals surface area contributed by atoms with Gasteiger partial charge in [-0.1, -0.05) is 19.1 Å². The molecule has 2 aliphatic rings. The predicted octanol–water partition coefficient (Wildman–Crippen LogP) is 2.74. The summed E-state index contributed by atoms with van der Waals surface area (Å²) in [6.45, 7) is 3.31. The normalized spacial score (nSPS) is 28.4. The van der Waals surface area contributed by atoms with E-state index in [2.05, 4.69) is 13.0 Å². The van der Waals surface area contributed by atoms with E-state index in [1.165, 1.54) is 0 Å². The number of para-hydroxylation sites is 2. The minimum absolute atomic E-state index is 0.0592. The molecule has 1 aromatic rings. The zero-order valence-corrected chi connectivity index (χ0v) is 11.6. The fourth-order valence-electron chi connectivity index (χ4n) is 3.24. The maximum absolute atomic E-state index is 12.8. The summed E-state index contributed by atoms with van der Waals surface area (Å²) in [4.78, 5) is 14.6. The summed E-state index contributed by atoms with van der Waals surface area (Å²) in [5, 5.41) is 9.44. The first-order chi connectivity index (χ1) is 9.66. The molecule has 1 saturated carbocycles. The Kier molecular flexibility index (Phi) is 3.13. The Balaban J connectivity index is 1.94. The van der Waals surface area contributed by atoms with Gasteiger partial charge in [-0.15, -0.1) is 0 Å². The third kappa shape index (κ3) is 1.94. The monoisotopic (exact) mass is 270 g/mol. The van der Waals surface area contributed by atoms with Crippen LogP contribution >= 0.6 is 0 Å². The third-order valence-corrected chi connectivity index (χ3v) is 4.20. The van der Waals surface area contributed by atoms with Crippen LogP contribution in [0.25, 0.3) is 0 Å². The van der Waals surface area contributed by atoms with Gasteiger partial charge in [-0.25, -0.2) is 0 Å². The smallest absolute Gasteiger partial charge is 0.247 e. The Hall–Kier alpha value is -2.02. The summed E-state index contributed by atoms with van der Waals surface area (Å²) in [5.41, 5.74) is -0.0270. The van der Waals surface area contributed by atoms with Crippen molar-refractivity contribution in [1.29, 1.82) is 5.26 Å². The molecule has 1 aliphatic heterocycles. The van der Waals surface area contributed by atoms with Crippen molar-refractivity contribution in [2.75, 3.05) is 18.1 Å². The van der Waals surface area contributed by atoms with Crippen molar-refractivity contribution >= 4 is 11.6 Å². The molecular formula is C16H18N2O2. The lowest BCUT2D eigenvalue weighted by Gasteiger charge is -2.42. The second-order valence-electron chi connectivity index (χ2n) is 5.83. The average Bonchev–Trinajstić information content (AvgIpc) is 2.65. The first-order valence-electron chi connectivity index (χ1n) is 7.11. The lowest BCUT2D eigenvalue weighted by atomic mass is 9.62. The van der Waals surface area contributed by atoms with E-state index in [9.17, 15) is 10.1 Å². The summed E-state index contributed by atoms with van der Waals surface area (Å²) in [6.07, 6.45) is 2.13. The molecule has 1 heterocycles. The van der Waals surface area contributed by atoms with E-state index in [1.807, 2.05) is 24.3 Å². The van der Waals surface area contributed by atoms with Crippen LogP contribution in [-0.2, 0) is 4.79 Å². The topological polar surface area (TPSA) is 53.3 Å². The molecule has 0 radical (unpaired) electrons. The van der Waals surface area contributed by atoms with Gasteiger partial charge in [0.1, 0.15) is 11.2 Å². The molecule has 0 spiro atoms. The number of ether oxygens (including phenoxy) is 1. The Morgan fingerprint density at radius 2 is 2.20 bits per heavy atom. The van der Waals surface area contributed by atoms with Crippen LogP contribution in [0.1, 0.15) is 26.2 Å². The summed E-state index contributed by atoms with van der Waals surface area (Å²) in [7, 11) is 0. The number of carbonyl (C=O) groups excluding carboxylic acids is 1. The molecule has 4 nitrogen and oxygen atoms in total. The highest BCUT2D eigenvalue weighted by atomic mass is 16.5. The largest absolute Gasteiger partial charge is 0.491 e. The van der Waals surface area contributed by atoms with Crippen LogP contribution in [0, 0.1) is 22.7 Å². The Bertz CT molecular complexity index is 570. The highest BCUT2D eigenvalue weighted by Crippen LogP contribution is 2.47. The van der Waals surface area contributed by atoms with Crippen LogP contribution in [0.3, 0.4) is 0 Å². The Labute approximate surface area is 118 Å². The van der Waals surface area contributed by atoms with Crippen molar-refractivity contribution < 1.29 is 9.53 Å². The predicted molar refractivity (Wildman–Crippen MR) is 75.4 cm³/mol. The van der Waals surface area contributed by atoms with Crippen molar-refractivity contribution in [3.63, 3.8) is 0 Å². The van der Waals surface area contributed by atoms with E-state index in [0.29, 0.717) is 31.9 Å². The third-order valence-electron chi connectivity index (χ3n) is 4.20. The number of amides is 1. The van der Waals surface area contributed by atoms with Crippen LogP contribution in [-0.4, -0.2) is 19.1 Å².